The molecule has 0 aliphatic heterocycles. The highest BCUT2D eigenvalue weighted by Gasteiger charge is 2.60. The maximum Gasteiger partial charge on any atom is 0.268 e. The van der Waals surface area contributed by atoms with E-state index < -0.39 is 0 Å². The first-order chi connectivity index (χ1) is 10.4. The zero-order valence-corrected chi connectivity index (χ0v) is 14.2. The average molecular weight is 317 g/mol. The number of hydrogen-bond donors (Lipinski definition) is 2. The summed E-state index contributed by atoms with van der Waals surface area (Å²) in [5.74, 6) is 1.57. The average Bonchev–Trinajstić information content (AvgIpc) is 3.07. The third kappa shape index (κ3) is 1.85. The van der Waals surface area contributed by atoms with Crippen molar-refractivity contribution in [2.24, 2.45) is 16.7 Å². The molecule has 2 fully saturated rings. The van der Waals surface area contributed by atoms with Crippen LogP contribution in [0.2, 0.25) is 0 Å². The van der Waals surface area contributed by atoms with Crippen LogP contribution in [0.1, 0.15) is 45.9 Å². The van der Waals surface area contributed by atoms with Gasteiger partial charge in [-0.05, 0) is 47.5 Å². The van der Waals surface area contributed by atoms with Crippen molar-refractivity contribution in [2.45, 2.75) is 52.6 Å². The Morgan fingerprint density at radius 1 is 1.45 bits per heavy atom. The Bertz CT molecular complexity index is 778. The lowest BCUT2D eigenvalue weighted by Crippen LogP contribution is -2.44. The second kappa shape index (κ2) is 4.65. The number of aromatic nitrogens is 2. The number of rotatable bonds is 3. The van der Waals surface area contributed by atoms with E-state index in [2.05, 4.69) is 36.1 Å². The number of thiophene rings is 1. The van der Waals surface area contributed by atoms with E-state index in [1.807, 2.05) is 11.4 Å². The van der Waals surface area contributed by atoms with Gasteiger partial charge >= 0.3 is 0 Å². The van der Waals surface area contributed by atoms with Gasteiger partial charge in [0.05, 0.1) is 12.1 Å². The number of H-pyrrole nitrogens is 1. The van der Waals surface area contributed by atoms with Crippen molar-refractivity contribution < 1.29 is 0 Å². The van der Waals surface area contributed by atoms with E-state index in [0.29, 0.717) is 23.4 Å². The molecule has 2 saturated carbocycles. The van der Waals surface area contributed by atoms with Crippen molar-refractivity contribution in [3.8, 4) is 0 Å². The Morgan fingerprint density at radius 2 is 2.27 bits per heavy atom. The Kier molecular flexibility index (Phi) is 3.04. The third-order valence-electron chi connectivity index (χ3n) is 6.67. The van der Waals surface area contributed by atoms with E-state index >= 15 is 0 Å². The number of hydrogen-bond acceptors (Lipinski definition) is 4. The first-order valence-electron chi connectivity index (χ1n) is 8.11. The lowest BCUT2D eigenvalue weighted by molar-refractivity contribution is 0.120. The first kappa shape index (κ1) is 14.4. The minimum atomic E-state index is -0.0173. The molecule has 5 heteroatoms. The molecule has 2 aliphatic rings. The second-order valence-electron chi connectivity index (χ2n) is 7.69. The fourth-order valence-corrected chi connectivity index (χ4v) is 5.46. The van der Waals surface area contributed by atoms with Crippen LogP contribution in [0.4, 0.5) is 0 Å². The molecule has 118 valence electrons. The van der Waals surface area contributed by atoms with Gasteiger partial charge in [0.1, 0.15) is 10.5 Å². The molecule has 2 aromatic heterocycles. The van der Waals surface area contributed by atoms with Gasteiger partial charge in [-0.25, -0.2) is 4.98 Å². The van der Waals surface area contributed by atoms with Gasteiger partial charge in [0.15, 0.2) is 0 Å². The molecule has 0 aromatic carbocycles. The maximum absolute atomic E-state index is 12.0. The third-order valence-corrected chi connectivity index (χ3v) is 7.58. The van der Waals surface area contributed by atoms with Gasteiger partial charge < -0.3 is 10.3 Å². The Labute approximate surface area is 134 Å². The lowest BCUT2D eigenvalue weighted by Gasteiger charge is -2.39. The molecule has 2 heterocycles. The summed E-state index contributed by atoms with van der Waals surface area (Å²) in [6.07, 6.45) is 3.90. The standard InChI is InChI=1S/C17H23N3OS/c1-16(2)10-4-6-17(16,3)12(8-10)18-9-13-19-11-5-7-22-14(11)15(21)20-13/h5,7,10,12,18H,4,6,8-9H2,1-3H3,(H,19,20,21). The molecule has 2 N–H and O–H groups in total. The van der Waals surface area contributed by atoms with Crippen LogP contribution >= 0.6 is 11.3 Å². The summed E-state index contributed by atoms with van der Waals surface area (Å²) in [4.78, 5) is 19.5. The summed E-state index contributed by atoms with van der Waals surface area (Å²) in [6, 6.07) is 2.44. The van der Waals surface area contributed by atoms with Gasteiger partial charge in [0, 0.05) is 6.04 Å². The summed E-state index contributed by atoms with van der Waals surface area (Å²) in [5, 5.41) is 5.60. The van der Waals surface area contributed by atoms with Crippen LogP contribution in [0, 0.1) is 16.7 Å². The summed E-state index contributed by atoms with van der Waals surface area (Å²) in [7, 11) is 0. The minimum absolute atomic E-state index is 0.0173. The van der Waals surface area contributed by atoms with E-state index in [0.717, 1.165) is 22.0 Å². The molecule has 2 bridgehead atoms. The lowest BCUT2D eigenvalue weighted by atomic mass is 9.69. The molecule has 0 saturated heterocycles. The minimum Gasteiger partial charge on any atom is -0.308 e. The van der Waals surface area contributed by atoms with Crippen LogP contribution < -0.4 is 10.9 Å². The van der Waals surface area contributed by atoms with Crippen LogP contribution in [0.15, 0.2) is 16.2 Å². The van der Waals surface area contributed by atoms with Gasteiger partial charge in [-0.1, -0.05) is 20.8 Å². The molecule has 3 unspecified atom stereocenters. The summed E-state index contributed by atoms with van der Waals surface area (Å²) >= 11 is 1.45. The highest BCUT2D eigenvalue weighted by atomic mass is 32.1. The normalized spacial score (nSPS) is 32.9. The molecule has 0 amide bonds. The van der Waals surface area contributed by atoms with Crippen molar-refractivity contribution in [3.05, 3.63) is 27.6 Å². The summed E-state index contributed by atoms with van der Waals surface area (Å²) in [6.45, 7) is 7.91. The van der Waals surface area contributed by atoms with Crippen molar-refractivity contribution in [1.29, 1.82) is 0 Å². The van der Waals surface area contributed by atoms with Gasteiger partial charge in [-0.3, -0.25) is 4.79 Å². The first-order valence-corrected chi connectivity index (χ1v) is 8.99. The summed E-state index contributed by atoms with van der Waals surface area (Å²) in [5.41, 5.74) is 1.55. The predicted octanol–water partition coefficient (Wildman–Crippen LogP) is 3.29. The number of aromatic amines is 1. The highest BCUT2D eigenvalue weighted by Crippen LogP contribution is 2.65. The second-order valence-corrected chi connectivity index (χ2v) is 8.61. The Hall–Kier alpha value is -1.20. The molecule has 2 aliphatic carbocycles. The fourth-order valence-electron chi connectivity index (χ4n) is 4.74. The zero-order valence-electron chi connectivity index (χ0n) is 13.4. The smallest absolute Gasteiger partial charge is 0.268 e. The molecular formula is C17H23N3OS. The largest absolute Gasteiger partial charge is 0.308 e. The zero-order chi connectivity index (χ0) is 15.5. The van der Waals surface area contributed by atoms with Gasteiger partial charge in [-0.15, -0.1) is 11.3 Å². The quantitative estimate of drug-likeness (QED) is 0.913. The van der Waals surface area contributed by atoms with Crippen LogP contribution in [0.3, 0.4) is 0 Å². The molecule has 4 nitrogen and oxygen atoms in total. The number of fused-ring (bicyclic) bond motifs is 3. The Balaban J connectivity index is 1.54. The van der Waals surface area contributed by atoms with E-state index in [9.17, 15) is 4.79 Å². The predicted molar refractivity (Wildman–Crippen MR) is 90.1 cm³/mol. The topological polar surface area (TPSA) is 57.8 Å². The van der Waals surface area contributed by atoms with E-state index in [1.165, 1.54) is 30.6 Å². The van der Waals surface area contributed by atoms with Gasteiger partial charge in [-0.2, -0.15) is 0 Å². The van der Waals surface area contributed by atoms with Crippen LogP contribution in [-0.2, 0) is 6.54 Å². The fraction of sp³-hybridized carbons (Fsp3) is 0.647. The summed E-state index contributed by atoms with van der Waals surface area (Å²) < 4.78 is 0.719. The van der Waals surface area contributed by atoms with E-state index in [4.69, 9.17) is 0 Å². The van der Waals surface area contributed by atoms with Crippen LogP contribution in [0.25, 0.3) is 10.2 Å². The molecular weight excluding hydrogens is 294 g/mol. The van der Waals surface area contributed by atoms with Crippen molar-refractivity contribution >= 4 is 21.6 Å². The van der Waals surface area contributed by atoms with Gasteiger partial charge in [0.2, 0.25) is 0 Å². The highest BCUT2D eigenvalue weighted by molar-refractivity contribution is 7.17. The van der Waals surface area contributed by atoms with Crippen LogP contribution in [0.5, 0.6) is 0 Å². The van der Waals surface area contributed by atoms with Gasteiger partial charge in [0.25, 0.3) is 5.56 Å². The SMILES string of the molecule is CC1(C)C2CCC1(C)C(NCc1nc3ccsc3c(=O)[nH]1)C2. The number of nitrogens with zero attached hydrogens (tertiary/aromatic N) is 1. The molecule has 0 spiro atoms. The monoisotopic (exact) mass is 317 g/mol. The molecule has 22 heavy (non-hydrogen) atoms. The molecule has 0 radical (unpaired) electrons. The van der Waals surface area contributed by atoms with Crippen molar-refractivity contribution in [3.63, 3.8) is 0 Å². The van der Waals surface area contributed by atoms with Crippen molar-refractivity contribution in [2.75, 3.05) is 0 Å². The van der Waals surface area contributed by atoms with E-state index in [1.54, 1.807) is 0 Å². The molecule has 3 atom stereocenters. The Morgan fingerprint density at radius 3 is 2.95 bits per heavy atom. The van der Waals surface area contributed by atoms with E-state index in [-0.39, 0.29) is 5.56 Å². The number of nitrogens with one attached hydrogen (secondary N) is 2. The van der Waals surface area contributed by atoms with Crippen LogP contribution in [-0.4, -0.2) is 16.0 Å². The molecule has 4 rings (SSSR count). The molecule has 2 aromatic rings. The van der Waals surface area contributed by atoms with Crippen molar-refractivity contribution in [1.82, 2.24) is 15.3 Å². The maximum atomic E-state index is 12.0.